The fourth-order valence-corrected chi connectivity index (χ4v) is 3.41. The Morgan fingerprint density at radius 2 is 1.89 bits per heavy atom. The smallest absolute Gasteiger partial charge is 0.359 e. The van der Waals surface area contributed by atoms with Crippen LogP contribution in [-0.2, 0) is 15.9 Å². The zero-order chi connectivity index (χ0) is 26.2. The Labute approximate surface area is 207 Å². The summed E-state index contributed by atoms with van der Waals surface area (Å²) in [6.45, 7) is 11.5. The number of hydrogen-bond donors (Lipinski definition) is 1. The predicted octanol–water partition coefficient (Wildman–Crippen LogP) is 4.95. The van der Waals surface area contributed by atoms with E-state index in [2.05, 4.69) is 16.9 Å². The molecule has 1 aromatic carbocycles. The van der Waals surface area contributed by atoms with Gasteiger partial charge in [0, 0.05) is 32.5 Å². The molecule has 1 N–H and O–H groups in total. The number of nitrogens with one attached hydrogen (secondary N) is 1. The Morgan fingerprint density at radius 3 is 2.40 bits per heavy atom. The van der Waals surface area contributed by atoms with E-state index in [1.807, 2.05) is 38.1 Å². The van der Waals surface area contributed by atoms with Crippen LogP contribution in [0.4, 0.5) is 11.8 Å². The van der Waals surface area contributed by atoms with Crippen molar-refractivity contribution in [3.05, 3.63) is 72.0 Å². The van der Waals surface area contributed by atoms with Crippen molar-refractivity contribution in [2.75, 3.05) is 38.0 Å². The van der Waals surface area contributed by atoms with E-state index in [1.54, 1.807) is 61.7 Å². The molecule has 8 heteroatoms. The number of imidazole rings is 1. The second-order valence-corrected chi connectivity index (χ2v) is 8.75. The van der Waals surface area contributed by atoms with E-state index in [9.17, 15) is 9.59 Å². The molecule has 0 unspecified atom stereocenters. The number of aryl methyl sites for hydroxylation is 1. The molecular formula is C27H36N4O4. The molecule has 0 radical (unpaired) electrons. The van der Waals surface area contributed by atoms with Crippen molar-refractivity contribution in [3.63, 3.8) is 0 Å². The maximum absolute atomic E-state index is 13.5. The zero-order valence-electron chi connectivity index (χ0n) is 21.7. The molecule has 0 spiro atoms. The molecule has 0 aliphatic carbocycles. The third-order valence-corrected chi connectivity index (χ3v) is 5.10. The summed E-state index contributed by atoms with van der Waals surface area (Å²) in [6, 6.07) is 7.30. The lowest BCUT2D eigenvalue weighted by Gasteiger charge is -2.25. The summed E-state index contributed by atoms with van der Waals surface area (Å²) in [5.74, 6) is -0.526. The van der Waals surface area contributed by atoms with Gasteiger partial charge in [-0.25, -0.2) is 4.79 Å². The van der Waals surface area contributed by atoms with Crippen LogP contribution in [0.25, 0.3) is 5.70 Å². The van der Waals surface area contributed by atoms with Gasteiger partial charge in [0.25, 0.3) is 5.91 Å². The average molecular weight is 481 g/mol. The molecule has 2 rings (SSSR count). The molecule has 0 saturated heterocycles. The van der Waals surface area contributed by atoms with Crippen molar-refractivity contribution in [1.29, 1.82) is 0 Å². The van der Waals surface area contributed by atoms with Crippen LogP contribution in [0.1, 0.15) is 54.1 Å². The van der Waals surface area contributed by atoms with Gasteiger partial charge in [0.2, 0.25) is 5.95 Å². The summed E-state index contributed by atoms with van der Waals surface area (Å²) in [4.78, 5) is 32.9. The molecule has 1 aromatic heterocycles. The maximum Gasteiger partial charge on any atom is 0.359 e. The molecule has 0 fully saturated rings. The molecule has 0 atom stereocenters. The minimum absolute atomic E-state index is 0.0760. The van der Waals surface area contributed by atoms with Gasteiger partial charge in [-0.1, -0.05) is 37.8 Å². The van der Waals surface area contributed by atoms with E-state index < -0.39 is 11.6 Å². The van der Waals surface area contributed by atoms with E-state index in [0.717, 1.165) is 12.0 Å². The van der Waals surface area contributed by atoms with E-state index in [4.69, 9.17) is 9.47 Å². The number of methoxy groups -OCH3 is 1. The molecule has 8 nitrogen and oxygen atoms in total. The summed E-state index contributed by atoms with van der Waals surface area (Å²) in [5, 5.41) is 2.80. The highest BCUT2D eigenvalue weighted by Crippen LogP contribution is 2.30. The lowest BCUT2D eigenvalue weighted by atomic mass is 10.1. The van der Waals surface area contributed by atoms with Crippen molar-refractivity contribution in [2.45, 2.75) is 39.7 Å². The zero-order valence-corrected chi connectivity index (χ0v) is 21.7. The third kappa shape index (κ3) is 6.93. The summed E-state index contributed by atoms with van der Waals surface area (Å²) in [6.07, 6.45) is 7.97. The lowest BCUT2D eigenvalue weighted by Crippen LogP contribution is -2.34. The van der Waals surface area contributed by atoms with Gasteiger partial charge in [-0.2, -0.15) is 4.98 Å². The first-order chi connectivity index (χ1) is 16.6. The maximum atomic E-state index is 13.5. The molecule has 0 aliphatic heterocycles. The van der Waals surface area contributed by atoms with Crippen LogP contribution in [0.3, 0.4) is 0 Å². The van der Waals surface area contributed by atoms with Crippen LogP contribution < -0.4 is 10.2 Å². The van der Waals surface area contributed by atoms with E-state index in [0.29, 0.717) is 17.2 Å². The number of amides is 1. The van der Waals surface area contributed by atoms with Crippen LogP contribution in [0, 0.1) is 0 Å². The number of hydrogen-bond acceptors (Lipinski definition) is 6. The van der Waals surface area contributed by atoms with Crippen molar-refractivity contribution in [2.24, 2.45) is 0 Å². The fourth-order valence-electron chi connectivity index (χ4n) is 3.41. The number of esters is 1. The molecule has 0 bridgehead atoms. The standard InChI is InChI=1S/C27H36N4O4/c1-9-12-13-21(11-3)31-22(25(33)35-27(4,5)18-34-8)23(29-26(31)30(6)7)28-24(32)20-16-14-19(10-2)15-17-20/h9,11-17H,3,10,18H2,1-2,4-8H3,(H,28,32)/b12-9-,21-13+. The number of nitrogens with zero attached hydrogens (tertiary/aromatic N) is 3. The summed E-state index contributed by atoms with van der Waals surface area (Å²) >= 11 is 0. The number of carbonyl (C=O) groups is 2. The van der Waals surface area contributed by atoms with Crippen LogP contribution in [0.15, 0.2) is 55.1 Å². The van der Waals surface area contributed by atoms with Crippen molar-refractivity contribution < 1.29 is 19.1 Å². The van der Waals surface area contributed by atoms with Gasteiger partial charge in [0.1, 0.15) is 5.60 Å². The van der Waals surface area contributed by atoms with Gasteiger partial charge in [-0.15, -0.1) is 0 Å². The third-order valence-electron chi connectivity index (χ3n) is 5.10. The van der Waals surface area contributed by atoms with E-state index in [1.165, 1.54) is 7.11 Å². The lowest BCUT2D eigenvalue weighted by molar-refractivity contribution is -0.0369. The fraction of sp³-hybridized carbons (Fsp3) is 0.370. The SMILES string of the molecule is C=C/C(=C\C=C/C)n1c(N(C)C)nc(NC(=O)c2ccc(CC)cc2)c1C(=O)OC(C)(C)COC. The highest BCUT2D eigenvalue weighted by atomic mass is 16.6. The van der Waals surface area contributed by atoms with Crippen molar-refractivity contribution in [1.82, 2.24) is 9.55 Å². The minimum Gasteiger partial charge on any atom is -0.452 e. The Kier molecular flexibility index (Phi) is 9.59. The van der Waals surface area contributed by atoms with Crippen LogP contribution in [-0.4, -0.2) is 54.8 Å². The van der Waals surface area contributed by atoms with Crippen LogP contribution >= 0.6 is 0 Å². The average Bonchev–Trinajstić information content (AvgIpc) is 3.18. The van der Waals surface area contributed by atoms with E-state index in [-0.39, 0.29) is 24.0 Å². The first kappa shape index (κ1) is 27.6. The highest BCUT2D eigenvalue weighted by molar-refractivity contribution is 6.07. The monoisotopic (exact) mass is 480 g/mol. The first-order valence-electron chi connectivity index (χ1n) is 11.5. The van der Waals surface area contributed by atoms with E-state index >= 15 is 0 Å². The molecule has 0 saturated carbocycles. The van der Waals surface area contributed by atoms with Crippen molar-refractivity contribution in [3.8, 4) is 0 Å². The Morgan fingerprint density at radius 1 is 1.23 bits per heavy atom. The molecule has 35 heavy (non-hydrogen) atoms. The number of rotatable bonds is 11. The minimum atomic E-state index is -0.905. The summed E-state index contributed by atoms with van der Waals surface area (Å²) in [5.41, 5.74) is 1.33. The molecule has 1 heterocycles. The number of ether oxygens (including phenoxy) is 2. The molecule has 2 aromatic rings. The van der Waals surface area contributed by atoms with Gasteiger partial charge >= 0.3 is 5.97 Å². The number of carbonyl (C=O) groups excluding carboxylic acids is 2. The van der Waals surface area contributed by atoms with Gasteiger partial charge in [-0.05, 0) is 57.0 Å². The van der Waals surface area contributed by atoms with Gasteiger partial charge in [0.05, 0.1) is 6.61 Å². The topological polar surface area (TPSA) is 85.7 Å². The first-order valence-corrected chi connectivity index (χ1v) is 11.5. The summed E-state index contributed by atoms with van der Waals surface area (Å²) < 4.78 is 12.6. The number of aromatic nitrogens is 2. The van der Waals surface area contributed by atoms with Gasteiger partial charge in [0.15, 0.2) is 11.5 Å². The Balaban J connectivity index is 2.67. The number of anilines is 2. The summed E-state index contributed by atoms with van der Waals surface area (Å²) in [7, 11) is 5.14. The van der Waals surface area contributed by atoms with Gasteiger partial charge < -0.3 is 19.7 Å². The Bertz CT molecular complexity index is 1110. The normalized spacial score (nSPS) is 12.0. The second kappa shape index (κ2) is 12.2. The number of allylic oxidation sites excluding steroid dienone is 5. The number of benzene rings is 1. The quantitative estimate of drug-likeness (QED) is 0.362. The van der Waals surface area contributed by atoms with Crippen LogP contribution in [0.2, 0.25) is 0 Å². The molecular weight excluding hydrogens is 444 g/mol. The molecule has 188 valence electrons. The van der Waals surface area contributed by atoms with Gasteiger partial charge in [-0.3, -0.25) is 9.36 Å². The molecule has 1 amide bonds. The molecule has 0 aliphatic rings. The Hall–Kier alpha value is -3.65. The second-order valence-electron chi connectivity index (χ2n) is 8.75. The van der Waals surface area contributed by atoms with Crippen LogP contribution in [0.5, 0.6) is 0 Å². The highest BCUT2D eigenvalue weighted by Gasteiger charge is 2.32. The predicted molar refractivity (Wildman–Crippen MR) is 141 cm³/mol. The van der Waals surface area contributed by atoms with Crippen molar-refractivity contribution >= 4 is 29.3 Å². The largest absolute Gasteiger partial charge is 0.452 e.